The van der Waals surface area contributed by atoms with Crippen LogP contribution < -0.4 is 5.32 Å². The van der Waals surface area contributed by atoms with Gasteiger partial charge >= 0.3 is 5.97 Å². The molecule has 0 spiro atoms. The molecule has 2 atom stereocenters. The summed E-state index contributed by atoms with van der Waals surface area (Å²) < 4.78 is 10.8. The van der Waals surface area contributed by atoms with Crippen LogP contribution in [0.4, 0.5) is 0 Å². The number of amides is 1. The van der Waals surface area contributed by atoms with Gasteiger partial charge in [-0.15, -0.1) is 0 Å². The molecule has 2 N–H and O–H groups in total. The Hall–Kier alpha value is -1.76. The summed E-state index contributed by atoms with van der Waals surface area (Å²) in [7, 11) is 0. The number of Topliss-reactive ketones (excluding diaryl/α,β-unsaturated/α-hetero) is 1. The quantitative estimate of drug-likeness (QED) is 0.389. The summed E-state index contributed by atoms with van der Waals surface area (Å²) in [6.45, 7) is 9.14. The Balaban J connectivity index is 5.01. The SMILES string of the molecule is CCCC[C@H](OC(C)C)C(=O)N[C@@H](CCC(=O)C=N)C(=O)OC(C)C. The number of esters is 1. The first-order valence-corrected chi connectivity index (χ1v) is 8.90. The molecule has 0 rings (SSSR count). The Morgan fingerprint density at radius 2 is 1.72 bits per heavy atom. The van der Waals surface area contributed by atoms with Gasteiger partial charge in [-0.3, -0.25) is 9.59 Å². The van der Waals surface area contributed by atoms with Gasteiger partial charge in [-0.05, 0) is 40.5 Å². The van der Waals surface area contributed by atoms with Gasteiger partial charge in [0.25, 0.3) is 0 Å². The zero-order valence-electron chi connectivity index (χ0n) is 16.0. The van der Waals surface area contributed by atoms with Gasteiger partial charge in [-0.25, -0.2) is 4.79 Å². The van der Waals surface area contributed by atoms with Crippen molar-refractivity contribution in [3.8, 4) is 0 Å². The molecule has 0 bridgehead atoms. The highest BCUT2D eigenvalue weighted by Gasteiger charge is 2.28. The summed E-state index contributed by atoms with van der Waals surface area (Å²) in [6, 6.07) is -0.932. The summed E-state index contributed by atoms with van der Waals surface area (Å²) >= 11 is 0. The van der Waals surface area contributed by atoms with Crippen molar-refractivity contribution in [2.45, 2.75) is 91.1 Å². The first kappa shape index (κ1) is 23.2. The molecule has 0 aliphatic heterocycles. The summed E-state index contributed by atoms with van der Waals surface area (Å²) in [6.07, 6.45) is 2.02. The van der Waals surface area contributed by atoms with E-state index >= 15 is 0 Å². The van der Waals surface area contributed by atoms with E-state index in [9.17, 15) is 14.4 Å². The monoisotopic (exact) mass is 356 g/mol. The fraction of sp³-hybridized carbons (Fsp3) is 0.778. The van der Waals surface area contributed by atoms with Crippen molar-refractivity contribution >= 4 is 23.9 Å². The first-order chi connectivity index (χ1) is 11.7. The molecule has 7 nitrogen and oxygen atoms in total. The van der Waals surface area contributed by atoms with E-state index in [4.69, 9.17) is 14.9 Å². The van der Waals surface area contributed by atoms with Crippen LogP contribution in [0.3, 0.4) is 0 Å². The number of hydrogen-bond acceptors (Lipinski definition) is 6. The van der Waals surface area contributed by atoms with E-state index in [0.717, 1.165) is 12.8 Å². The van der Waals surface area contributed by atoms with Crippen LogP contribution in [-0.4, -0.2) is 48.2 Å². The topological polar surface area (TPSA) is 106 Å². The van der Waals surface area contributed by atoms with E-state index in [0.29, 0.717) is 12.6 Å². The first-order valence-electron chi connectivity index (χ1n) is 8.90. The second-order valence-electron chi connectivity index (χ2n) is 6.51. The van der Waals surface area contributed by atoms with E-state index < -0.39 is 23.9 Å². The van der Waals surface area contributed by atoms with Crippen LogP contribution in [0.5, 0.6) is 0 Å². The molecule has 0 aromatic heterocycles. The molecule has 0 aliphatic carbocycles. The van der Waals surface area contributed by atoms with Gasteiger partial charge in [0.2, 0.25) is 5.91 Å². The van der Waals surface area contributed by atoms with Crippen molar-refractivity contribution in [3.63, 3.8) is 0 Å². The maximum absolute atomic E-state index is 12.5. The third-order valence-electron chi connectivity index (χ3n) is 3.34. The Bertz CT molecular complexity index is 449. The molecule has 144 valence electrons. The van der Waals surface area contributed by atoms with Crippen molar-refractivity contribution in [1.82, 2.24) is 5.32 Å². The fourth-order valence-electron chi connectivity index (χ4n) is 2.17. The smallest absolute Gasteiger partial charge is 0.328 e. The molecule has 0 saturated heterocycles. The van der Waals surface area contributed by atoms with E-state index in [1.54, 1.807) is 13.8 Å². The van der Waals surface area contributed by atoms with E-state index in [2.05, 4.69) is 5.32 Å². The van der Waals surface area contributed by atoms with Crippen LogP contribution in [0, 0.1) is 5.41 Å². The molecular formula is C18H32N2O5. The number of nitrogens with one attached hydrogen (secondary N) is 2. The largest absolute Gasteiger partial charge is 0.461 e. The van der Waals surface area contributed by atoms with Crippen molar-refractivity contribution in [1.29, 1.82) is 5.41 Å². The lowest BCUT2D eigenvalue weighted by molar-refractivity contribution is -0.153. The number of ether oxygens (including phenoxy) is 2. The second-order valence-corrected chi connectivity index (χ2v) is 6.51. The van der Waals surface area contributed by atoms with E-state index in [1.165, 1.54) is 0 Å². The highest BCUT2D eigenvalue weighted by molar-refractivity contribution is 6.26. The minimum atomic E-state index is -0.932. The molecule has 0 saturated carbocycles. The van der Waals surface area contributed by atoms with Crippen molar-refractivity contribution in [3.05, 3.63) is 0 Å². The Morgan fingerprint density at radius 1 is 1.08 bits per heavy atom. The zero-order valence-corrected chi connectivity index (χ0v) is 16.0. The molecule has 0 radical (unpaired) electrons. The molecule has 0 fully saturated rings. The fourth-order valence-corrected chi connectivity index (χ4v) is 2.17. The number of carbonyl (C=O) groups is 3. The van der Waals surface area contributed by atoms with Crippen LogP contribution in [0.25, 0.3) is 0 Å². The summed E-state index contributed by atoms with van der Waals surface area (Å²) in [5.74, 6) is -1.37. The van der Waals surface area contributed by atoms with Crippen molar-refractivity contribution in [2.75, 3.05) is 0 Å². The lowest BCUT2D eigenvalue weighted by Gasteiger charge is -2.24. The Morgan fingerprint density at radius 3 is 2.20 bits per heavy atom. The average Bonchev–Trinajstić information content (AvgIpc) is 2.53. The highest BCUT2D eigenvalue weighted by Crippen LogP contribution is 2.10. The molecule has 0 aliphatic rings. The Kier molecular flexibility index (Phi) is 11.7. The molecule has 1 amide bonds. The van der Waals surface area contributed by atoms with Crippen LogP contribution in [0.1, 0.15) is 66.7 Å². The molecule has 0 unspecified atom stereocenters. The minimum Gasteiger partial charge on any atom is -0.461 e. The summed E-state index contributed by atoms with van der Waals surface area (Å²) in [4.78, 5) is 36.1. The van der Waals surface area contributed by atoms with E-state index in [-0.39, 0.29) is 31.0 Å². The predicted octanol–water partition coefficient (Wildman–Crippen LogP) is 2.41. The highest BCUT2D eigenvalue weighted by atomic mass is 16.5. The van der Waals surface area contributed by atoms with Crippen LogP contribution in [-0.2, 0) is 23.9 Å². The van der Waals surface area contributed by atoms with Crippen molar-refractivity contribution in [2.24, 2.45) is 0 Å². The van der Waals surface area contributed by atoms with Gasteiger partial charge in [0.05, 0.1) is 18.4 Å². The van der Waals surface area contributed by atoms with Crippen molar-refractivity contribution < 1.29 is 23.9 Å². The number of rotatable bonds is 13. The summed E-state index contributed by atoms with van der Waals surface area (Å²) in [5.41, 5.74) is 0. The number of carbonyl (C=O) groups excluding carboxylic acids is 3. The van der Waals surface area contributed by atoms with Gasteiger partial charge in [-0.1, -0.05) is 19.8 Å². The molecule has 7 heteroatoms. The molecule has 0 aromatic rings. The lowest BCUT2D eigenvalue weighted by atomic mass is 10.1. The van der Waals surface area contributed by atoms with Crippen LogP contribution >= 0.6 is 0 Å². The molecular weight excluding hydrogens is 324 g/mol. The van der Waals surface area contributed by atoms with Gasteiger partial charge in [0.1, 0.15) is 12.1 Å². The van der Waals surface area contributed by atoms with Gasteiger partial charge in [0.15, 0.2) is 5.78 Å². The second kappa shape index (κ2) is 12.6. The molecule has 25 heavy (non-hydrogen) atoms. The van der Waals surface area contributed by atoms with Gasteiger partial charge in [0, 0.05) is 6.42 Å². The number of hydrogen-bond donors (Lipinski definition) is 2. The van der Waals surface area contributed by atoms with Gasteiger partial charge < -0.3 is 20.2 Å². The van der Waals surface area contributed by atoms with Crippen LogP contribution in [0.15, 0.2) is 0 Å². The normalized spacial score (nSPS) is 13.4. The predicted molar refractivity (Wildman–Crippen MR) is 95.7 cm³/mol. The zero-order chi connectivity index (χ0) is 19.4. The van der Waals surface area contributed by atoms with Crippen LogP contribution in [0.2, 0.25) is 0 Å². The molecule has 0 aromatic carbocycles. The minimum absolute atomic E-state index is 0.00763. The lowest BCUT2D eigenvalue weighted by Crippen LogP contribution is -2.48. The standard InChI is InChI=1S/C18H32N2O5/c1-6-7-8-16(24-12(2)3)17(22)20-15(10-9-14(21)11-19)18(23)25-13(4)5/h11-13,15-16,19H,6-10H2,1-5H3,(H,20,22)/t15-,16-/m0/s1. The maximum atomic E-state index is 12.5. The Labute approximate surface area is 150 Å². The average molecular weight is 356 g/mol. The molecule has 0 heterocycles. The summed E-state index contributed by atoms with van der Waals surface area (Å²) in [5, 5.41) is 9.59. The van der Waals surface area contributed by atoms with Gasteiger partial charge in [-0.2, -0.15) is 0 Å². The third-order valence-corrected chi connectivity index (χ3v) is 3.34. The maximum Gasteiger partial charge on any atom is 0.328 e. The number of unbranched alkanes of at least 4 members (excludes halogenated alkanes) is 1. The van der Waals surface area contributed by atoms with E-state index in [1.807, 2.05) is 20.8 Å². The third kappa shape index (κ3) is 10.7. The number of ketones is 1.